The molecule has 0 atom stereocenters. The van der Waals surface area contributed by atoms with Gasteiger partial charge in [-0.3, -0.25) is 4.79 Å². The van der Waals surface area contributed by atoms with Crippen molar-refractivity contribution in [2.45, 2.75) is 26.2 Å². The molecule has 1 aromatic heterocycles. The summed E-state index contributed by atoms with van der Waals surface area (Å²) in [6.07, 6.45) is 2.79. The predicted octanol–water partition coefficient (Wildman–Crippen LogP) is 5.70. The standard InChI is InChI=1S/C24H24ClNO5/c1-17-14-21(10-8-18(17)9-11-23(27)28)29-12-5-13-30-24-22(15-19(25)16-26-24)31-20-6-3-2-4-7-20/h2-4,6-8,10,14-16H,5,9,11-13H2,1H3,(H,27,28). The second kappa shape index (κ2) is 11.2. The van der Waals surface area contributed by atoms with Gasteiger partial charge in [-0.15, -0.1) is 0 Å². The van der Waals surface area contributed by atoms with Gasteiger partial charge in [0.25, 0.3) is 5.88 Å². The molecule has 1 heterocycles. The molecule has 2 aromatic carbocycles. The molecular weight excluding hydrogens is 418 g/mol. The van der Waals surface area contributed by atoms with Crippen LogP contribution < -0.4 is 14.2 Å². The number of hydrogen-bond acceptors (Lipinski definition) is 5. The normalized spacial score (nSPS) is 10.5. The van der Waals surface area contributed by atoms with Crippen molar-refractivity contribution in [1.29, 1.82) is 0 Å². The van der Waals surface area contributed by atoms with Gasteiger partial charge in [-0.1, -0.05) is 35.9 Å². The third-order valence-corrected chi connectivity index (χ3v) is 4.68. The fourth-order valence-corrected chi connectivity index (χ4v) is 3.05. The molecule has 0 fully saturated rings. The Balaban J connectivity index is 1.48. The third kappa shape index (κ3) is 7.19. The Morgan fingerprint density at radius 3 is 2.55 bits per heavy atom. The van der Waals surface area contributed by atoms with Gasteiger partial charge < -0.3 is 19.3 Å². The van der Waals surface area contributed by atoms with Crippen molar-refractivity contribution in [1.82, 2.24) is 4.98 Å². The Labute approximate surface area is 186 Å². The highest BCUT2D eigenvalue weighted by atomic mass is 35.5. The predicted molar refractivity (Wildman–Crippen MR) is 119 cm³/mol. The minimum Gasteiger partial charge on any atom is -0.493 e. The molecule has 0 saturated heterocycles. The van der Waals surface area contributed by atoms with Crippen LogP contribution in [0.25, 0.3) is 0 Å². The highest BCUT2D eigenvalue weighted by Gasteiger charge is 2.10. The summed E-state index contributed by atoms with van der Waals surface area (Å²) in [7, 11) is 0. The Morgan fingerprint density at radius 2 is 1.81 bits per heavy atom. The van der Waals surface area contributed by atoms with Crippen molar-refractivity contribution in [3.63, 3.8) is 0 Å². The summed E-state index contributed by atoms with van der Waals surface area (Å²) < 4.78 is 17.4. The maximum atomic E-state index is 10.7. The average molecular weight is 442 g/mol. The van der Waals surface area contributed by atoms with E-state index < -0.39 is 5.97 Å². The number of aliphatic carboxylic acids is 1. The number of halogens is 1. The number of carboxylic acid groups (broad SMARTS) is 1. The molecule has 0 bridgehead atoms. The number of aryl methyl sites for hydroxylation is 2. The first kappa shape index (κ1) is 22.4. The van der Waals surface area contributed by atoms with Crippen LogP contribution in [-0.2, 0) is 11.2 Å². The Bertz CT molecular complexity index is 1010. The largest absolute Gasteiger partial charge is 0.493 e. The number of ether oxygens (including phenoxy) is 3. The Morgan fingerprint density at radius 1 is 1.03 bits per heavy atom. The lowest BCUT2D eigenvalue weighted by molar-refractivity contribution is -0.136. The molecule has 0 amide bonds. The van der Waals surface area contributed by atoms with Crippen LogP contribution in [0.3, 0.4) is 0 Å². The van der Waals surface area contributed by atoms with Crippen molar-refractivity contribution in [2.24, 2.45) is 0 Å². The van der Waals surface area contributed by atoms with E-state index in [2.05, 4.69) is 4.98 Å². The first-order chi connectivity index (χ1) is 15.0. The molecule has 0 aliphatic rings. The number of carboxylic acids is 1. The minimum absolute atomic E-state index is 0.118. The number of benzene rings is 2. The molecule has 1 N–H and O–H groups in total. The third-order valence-electron chi connectivity index (χ3n) is 4.47. The molecule has 0 aliphatic heterocycles. The number of para-hydroxylation sites is 1. The van der Waals surface area contributed by atoms with Crippen LogP contribution in [0.2, 0.25) is 5.02 Å². The first-order valence-electron chi connectivity index (χ1n) is 9.96. The van der Waals surface area contributed by atoms with Crippen LogP contribution in [0.1, 0.15) is 24.0 Å². The van der Waals surface area contributed by atoms with Crippen LogP contribution in [-0.4, -0.2) is 29.3 Å². The highest BCUT2D eigenvalue weighted by Crippen LogP contribution is 2.32. The number of nitrogens with zero attached hydrogens (tertiary/aromatic N) is 1. The summed E-state index contributed by atoms with van der Waals surface area (Å²) in [6, 6.07) is 16.7. The van der Waals surface area contributed by atoms with Gasteiger partial charge in [0, 0.05) is 25.1 Å². The molecule has 0 spiro atoms. The maximum Gasteiger partial charge on any atom is 0.303 e. The molecule has 0 saturated carbocycles. The van der Waals surface area contributed by atoms with Gasteiger partial charge in [0.2, 0.25) is 0 Å². The quantitative estimate of drug-likeness (QED) is 0.384. The number of rotatable bonds is 11. The van der Waals surface area contributed by atoms with Gasteiger partial charge in [-0.05, 0) is 48.7 Å². The first-order valence-corrected chi connectivity index (χ1v) is 10.3. The van der Waals surface area contributed by atoms with E-state index in [9.17, 15) is 4.79 Å². The molecule has 6 nitrogen and oxygen atoms in total. The molecule has 3 aromatic rings. The van der Waals surface area contributed by atoms with Gasteiger partial charge in [0.1, 0.15) is 11.5 Å². The van der Waals surface area contributed by atoms with Crippen LogP contribution in [0, 0.1) is 6.92 Å². The van der Waals surface area contributed by atoms with Crippen LogP contribution in [0.4, 0.5) is 0 Å². The van der Waals surface area contributed by atoms with Crippen molar-refractivity contribution in [3.05, 3.63) is 76.9 Å². The second-order valence-electron chi connectivity index (χ2n) is 6.90. The Kier molecular flexibility index (Phi) is 8.12. The summed E-state index contributed by atoms with van der Waals surface area (Å²) >= 11 is 6.05. The van der Waals surface area contributed by atoms with E-state index in [4.69, 9.17) is 30.9 Å². The van der Waals surface area contributed by atoms with Crippen LogP contribution in [0.15, 0.2) is 60.8 Å². The maximum absolute atomic E-state index is 10.7. The number of aromatic nitrogens is 1. The molecule has 3 rings (SSSR count). The smallest absolute Gasteiger partial charge is 0.303 e. The lowest BCUT2D eigenvalue weighted by Crippen LogP contribution is -2.07. The zero-order chi connectivity index (χ0) is 22.1. The van der Waals surface area contributed by atoms with E-state index in [0.29, 0.717) is 48.5 Å². The highest BCUT2D eigenvalue weighted by molar-refractivity contribution is 6.30. The lowest BCUT2D eigenvalue weighted by atomic mass is 10.0. The molecule has 7 heteroatoms. The minimum atomic E-state index is -0.799. The summed E-state index contributed by atoms with van der Waals surface area (Å²) in [5.74, 6) is 1.43. The zero-order valence-electron chi connectivity index (χ0n) is 17.2. The van der Waals surface area contributed by atoms with E-state index in [1.165, 1.54) is 6.20 Å². The second-order valence-corrected chi connectivity index (χ2v) is 7.34. The topological polar surface area (TPSA) is 77.9 Å². The monoisotopic (exact) mass is 441 g/mol. The number of hydrogen-bond donors (Lipinski definition) is 1. The van der Waals surface area contributed by atoms with Gasteiger partial charge in [-0.25, -0.2) is 4.98 Å². The lowest BCUT2D eigenvalue weighted by Gasteiger charge is -2.12. The van der Waals surface area contributed by atoms with Gasteiger partial charge in [-0.2, -0.15) is 0 Å². The molecule has 31 heavy (non-hydrogen) atoms. The van der Waals surface area contributed by atoms with Gasteiger partial charge in [0.15, 0.2) is 5.75 Å². The molecule has 162 valence electrons. The van der Waals surface area contributed by atoms with E-state index >= 15 is 0 Å². The Hall–Kier alpha value is -3.25. The number of carbonyl (C=O) groups is 1. The van der Waals surface area contributed by atoms with Crippen LogP contribution in [0.5, 0.6) is 23.1 Å². The van der Waals surface area contributed by atoms with E-state index in [1.54, 1.807) is 6.07 Å². The summed E-state index contributed by atoms with van der Waals surface area (Å²) in [5, 5.41) is 9.28. The molecular formula is C24H24ClNO5. The fraction of sp³-hybridized carbons (Fsp3) is 0.250. The molecule has 0 unspecified atom stereocenters. The molecule has 0 radical (unpaired) electrons. The number of pyridine rings is 1. The van der Waals surface area contributed by atoms with Gasteiger partial charge in [0.05, 0.1) is 18.2 Å². The average Bonchev–Trinajstić information content (AvgIpc) is 2.75. The van der Waals surface area contributed by atoms with Crippen molar-refractivity contribution < 1.29 is 24.1 Å². The van der Waals surface area contributed by atoms with E-state index in [0.717, 1.165) is 16.9 Å². The summed E-state index contributed by atoms with van der Waals surface area (Å²) in [6.45, 7) is 2.82. The zero-order valence-corrected chi connectivity index (χ0v) is 18.0. The van der Waals surface area contributed by atoms with Crippen LogP contribution >= 0.6 is 11.6 Å². The van der Waals surface area contributed by atoms with Crippen molar-refractivity contribution >= 4 is 17.6 Å². The van der Waals surface area contributed by atoms with E-state index in [-0.39, 0.29) is 6.42 Å². The SMILES string of the molecule is Cc1cc(OCCCOc2ncc(Cl)cc2Oc2ccccc2)ccc1CCC(=O)O. The van der Waals surface area contributed by atoms with Crippen molar-refractivity contribution in [3.8, 4) is 23.1 Å². The summed E-state index contributed by atoms with van der Waals surface area (Å²) in [5.41, 5.74) is 2.03. The van der Waals surface area contributed by atoms with E-state index in [1.807, 2.05) is 55.5 Å². The van der Waals surface area contributed by atoms with Gasteiger partial charge >= 0.3 is 5.97 Å². The fourth-order valence-electron chi connectivity index (χ4n) is 2.90. The summed E-state index contributed by atoms with van der Waals surface area (Å²) in [4.78, 5) is 14.9. The van der Waals surface area contributed by atoms with Crippen molar-refractivity contribution in [2.75, 3.05) is 13.2 Å². The molecule has 0 aliphatic carbocycles.